The summed E-state index contributed by atoms with van der Waals surface area (Å²) in [7, 11) is 1.28. The zero-order valence-corrected chi connectivity index (χ0v) is 7.26. The van der Waals surface area contributed by atoms with Crippen LogP contribution in [0, 0.1) is 0 Å². The Morgan fingerprint density at radius 2 is 1.70 bits per heavy atom. The molecular weight excluding hydrogens is 251 g/mol. The summed E-state index contributed by atoms with van der Waals surface area (Å²) in [5.74, 6) is -2.91. The molecule has 0 unspecified atom stereocenters. The van der Waals surface area contributed by atoms with E-state index in [4.69, 9.17) is 0 Å². The van der Waals surface area contributed by atoms with Gasteiger partial charge in [0.15, 0.2) is 0 Å². The van der Waals surface area contributed by atoms with Crippen LogP contribution in [0.2, 0.25) is 0 Å². The maximum Gasteiger partial charge on any atom is 0.307 e. The molecule has 0 aromatic carbocycles. The van der Waals surface area contributed by atoms with E-state index in [1.54, 1.807) is 0 Å². The number of halogens is 1. The minimum atomic E-state index is -1.09. The number of amides is 2. The third-order valence-electron chi connectivity index (χ3n) is 0.725. The van der Waals surface area contributed by atoms with Gasteiger partial charge in [0.2, 0.25) is 0 Å². The smallest absolute Gasteiger partial charge is 0.307 e. The molecule has 0 aromatic rings. The number of hydrogen-bond acceptors (Lipinski definition) is 3. The van der Waals surface area contributed by atoms with Crippen molar-refractivity contribution in [2.75, 3.05) is 7.05 Å². The van der Waals surface area contributed by atoms with Crippen molar-refractivity contribution in [2.45, 2.75) is 0 Å². The quantitative estimate of drug-likeness (QED) is 0.281. The number of carbonyl (C=O) groups excluding carboxylic acids is 3. The highest BCUT2D eigenvalue weighted by Crippen LogP contribution is 1.76. The van der Waals surface area contributed by atoms with Gasteiger partial charge in [-0.2, -0.15) is 0 Å². The van der Waals surface area contributed by atoms with Crippen LogP contribution < -0.4 is 8.85 Å². The molecule has 5 nitrogen and oxygen atoms in total. The zero-order valence-electron chi connectivity index (χ0n) is 5.10. The Kier molecular flexibility index (Phi) is 3.93. The first-order chi connectivity index (χ1) is 4.63. The van der Waals surface area contributed by atoms with E-state index in [0.717, 1.165) is 0 Å². The summed E-state index contributed by atoms with van der Waals surface area (Å²) in [6, 6.07) is 0. The lowest BCUT2D eigenvalue weighted by Crippen LogP contribution is -2.37. The molecule has 0 fully saturated rings. The average molecular weight is 256 g/mol. The van der Waals surface area contributed by atoms with Gasteiger partial charge in [-0.15, -0.1) is 0 Å². The fourth-order valence-electron chi connectivity index (χ4n) is 0.260. The van der Waals surface area contributed by atoms with Crippen molar-refractivity contribution in [1.29, 1.82) is 0 Å². The zero-order chi connectivity index (χ0) is 8.15. The predicted octanol–water partition coefficient (Wildman–Crippen LogP) is -1.23. The van der Waals surface area contributed by atoms with Crippen LogP contribution in [0.4, 0.5) is 0 Å². The third kappa shape index (κ3) is 2.29. The first-order valence-corrected chi connectivity index (χ1v) is 3.38. The Morgan fingerprint density at radius 3 is 2.00 bits per heavy atom. The molecule has 0 aliphatic rings. The van der Waals surface area contributed by atoms with Gasteiger partial charge < -0.3 is 5.32 Å². The van der Waals surface area contributed by atoms with Crippen molar-refractivity contribution in [3.63, 3.8) is 0 Å². The van der Waals surface area contributed by atoms with E-state index in [2.05, 4.69) is 0 Å². The molecule has 0 spiro atoms. The maximum atomic E-state index is 10.5. The molecule has 6 heteroatoms. The highest BCUT2D eigenvalue weighted by Gasteiger charge is 2.19. The van der Waals surface area contributed by atoms with E-state index in [-0.39, 0.29) is 0 Å². The number of Topliss-reactive ketones (excluding diaryl/α,β-unsaturated/α-hetero) is 1. The lowest BCUT2D eigenvalue weighted by Gasteiger charge is -1.93. The van der Waals surface area contributed by atoms with Crippen LogP contribution in [-0.2, 0) is 14.4 Å². The first kappa shape index (κ1) is 9.34. The van der Waals surface area contributed by atoms with E-state index in [1.165, 1.54) is 29.9 Å². The highest BCUT2D eigenvalue weighted by atomic mass is 127. The summed E-state index contributed by atoms with van der Waals surface area (Å²) < 4.78 is 2.00. The van der Waals surface area contributed by atoms with Gasteiger partial charge in [0.05, 0.1) is 22.9 Å². The molecule has 0 rings (SSSR count). The molecule has 0 aliphatic heterocycles. The van der Waals surface area contributed by atoms with E-state index in [0.29, 0.717) is 0 Å². The van der Waals surface area contributed by atoms with E-state index >= 15 is 0 Å². The fraction of sp³-hybridized carbons (Fsp3) is 0.250. The molecular formula is C4H5IN2O3. The summed E-state index contributed by atoms with van der Waals surface area (Å²) in [5, 5.41) is 2.03. The summed E-state index contributed by atoms with van der Waals surface area (Å²) in [6.45, 7) is 0. The Morgan fingerprint density at radius 1 is 1.20 bits per heavy atom. The molecule has 2 amide bonds. The molecule has 0 saturated heterocycles. The Balaban J connectivity index is 4.09. The minimum Gasteiger partial charge on any atom is -0.352 e. The molecule has 10 heavy (non-hydrogen) atoms. The highest BCUT2D eigenvalue weighted by molar-refractivity contribution is 14.1. The van der Waals surface area contributed by atoms with Crippen LogP contribution in [-0.4, -0.2) is 24.6 Å². The monoisotopic (exact) mass is 256 g/mol. The Hall–Kier alpha value is -0.660. The number of ketones is 1. The van der Waals surface area contributed by atoms with Crippen LogP contribution in [0.15, 0.2) is 0 Å². The van der Waals surface area contributed by atoms with E-state index in [9.17, 15) is 14.4 Å². The Bertz CT molecular complexity index is 161. The van der Waals surface area contributed by atoms with Crippen LogP contribution in [0.1, 0.15) is 0 Å². The van der Waals surface area contributed by atoms with Crippen molar-refractivity contribution in [3.05, 3.63) is 0 Å². The van der Waals surface area contributed by atoms with E-state index < -0.39 is 17.6 Å². The first-order valence-electron chi connectivity index (χ1n) is 2.30. The normalized spacial score (nSPS) is 8.20. The number of likely N-dealkylation sites (N-methyl/N-ethyl adjacent to an activating group) is 1. The number of nitrogens with one attached hydrogen (secondary N) is 2. The predicted molar refractivity (Wildman–Crippen MR) is 41.2 cm³/mol. The van der Waals surface area contributed by atoms with Gasteiger partial charge in [-0.1, -0.05) is 0 Å². The number of carbonyl (C=O) groups is 3. The second-order valence-corrected chi connectivity index (χ2v) is 1.87. The molecule has 0 radical (unpaired) electrons. The standard InChI is InChI=1S/C4H5IN2O3/c1-6-3(9)2(8)4(10)7-5/h1H3,(H,6,9)(H,7,10). The number of rotatable bonds is 2. The lowest BCUT2D eigenvalue weighted by atomic mass is 10.4. The SMILES string of the molecule is CNC(=O)C(=O)C(=O)NI. The fourth-order valence-corrected chi connectivity index (χ4v) is 0.504. The molecule has 0 aromatic heterocycles. The van der Waals surface area contributed by atoms with Crippen LogP contribution in [0.3, 0.4) is 0 Å². The van der Waals surface area contributed by atoms with Gasteiger partial charge in [-0.3, -0.25) is 17.9 Å². The lowest BCUT2D eigenvalue weighted by molar-refractivity contribution is -0.144. The van der Waals surface area contributed by atoms with Crippen molar-refractivity contribution in [2.24, 2.45) is 0 Å². The van der Waals surface area contributed by atoms with Crippen molar-refractivity contribution in [1.82, 2.24) is 8.85 Å². The largest absolute Gasteiger partial charge is 0.352 e. The number of hydrogen-bond donors (Lipinski definition) is 2. The van der Waals surface area contributed by atoms with Crippen LogP contribution in [0.25, 0.3) is 0 Å². The van der Waals surface area contributed by atoms with E-state index in [1.807, 2.05) is 8.85 Å². The van der Waals surface area contributed by atoms with Crippen LogP contribution in [0.5, 0.6) is 0 Å². The summed E-state index contributed by atoms with van der Waals surface area (Å²) in [5.41, 5.74) is 0. The van der Waals surface area contributed by atoms with Crippen molar-refractivity contribution < 1.29 is 14.4 Å². The molecule has 0 atom stereocenters. The summed E-state index contributed by atoms with van der Waals surface area (Å²) in [6.07, 6.45) is 0. The molecule has 0 bridgehead atoms. The van der Waals surface area contributed by atoms with Crippen molar-refractivity contribution >= 4 is 40.5 Å². The molecule has 56 valence electrons. The van der Waals surface area contributed by atoms with Gasteiger partial charge in [-0.05, 0) is 0 Å². The van der Waals surface area contributed by atoms with Gasteiger partial charge in [-0.25, -0.2) is 0 Å². The summed E-state index contributed by atoms with van der Waals surface area (Å²) in [4.78, 5) is 31.2. The van der Waals surface area contributed by atoms with Gasteiger partial charge >= 0.3 is 11.7 Å². The van der Waals surface area contributed by atoms with Gasteiger partial charge in [0.1, 0.15) is 0 Å². The van der Waals surface area contributed by atoms with Crippen molar-refractivity contribution in [3.8, 4) is 0 Å². The molecule has 0 saturated carbocycles. The third-order valence-corrected chi connectivity index (χ3v) is 1.22. The Labute approximate surface area is 71.0 Å². The van der Waals surface area contributed by atoms with Gasteiger partial charge in [0, 0.05) is 7.05 Å². The molecule has 0 heterocycles. The maximum absolute atomic E-state index is 10.5. The second kappa shape index (κ2) is 4.20. The molecule has 2 N–H and O–H groups in total. The second-order valence-electron chi connectivity index (χ2n) is 1.33. The van der Waals surface area contributed by atoms with Gasteiger partial charge in [0.25, 0.3) is 5.91 Å². The molecule has 0 aliphatic carbocycles. The minimum absolute atomic E-state index is 0.908. The van der Waals surface area contributed by atoms with Crippen LogP contribution >= 0.6 is 22.9 Å². The topological polar surface area (TPSA) is 75.3 Å². The summed E-state index contributed by atoms with van der Waals surface area (Å²) >= 11 is 1.48. The average Bonchev–Trinajstić information content (AvgIpc) is 2.00.